The Kier molecular flexibility index (Phi) is 6.55. The van der Waals surface area contributed by atoms with Crippen LogP contribution in [-0.2, 0) is 9.53 Å². The summed E-state index contributed by atoms with van der Waals surface area (Å²) in [5, 5.41) is 2.74. The molecule has 1 aliphatic heterocycles. The van der Waals surface area contributed by atoms with E-state index in [4.69, 9.17) is 4.74 Å². The topological polar surface area (TPSA) is 110 Å². The third-order valence-electron chi connectivity index (χ3n) is 5.65. The maximum absolute atomic E-state index is 12.7. The van der Waals surface area contributed by atoms with Crippen molar-refractivity contribution >= 4 is 35.2 Å². The van der Waals surface area contributed by atoms with Crippen LogP contribution in [-0.4, -0.2) is 47.0 Å². The molecular formula is C27H22N2O6. The number of esters is 1. The van der Waals surface area contributed by atoms with Crippen LogP contribution in [0, 0.1) is 6.92 Å². The molecule has 0 saturated heterocycles. The molecule has 8 nitrogen and oxygen atoms in total. The van der Waals surface area contributed by atoms with Gasteiger partial charge in [-0.1, -0.05) is 29.8 Å². The van der Waals surface area contributed by atoms with Crippen molar-refractivity contribution in [2.45, 2.75) is 19.9 Å². The molecule has 0 bridgehead atoms. The summed E-state index contributed by atoms with van der Waals surface area (Å²) in [5.41, 5.74) is 2.57. The minimum absolute atomic E-state index is 0.232. The van der Waals surface area contributed by atoms with Crippen molar-refractivity contribution in [3.8, 4) is 0 Å². The Morgan fingerprint density at radius 1 is 0.857 bits per heavy atom. The summed E-state index contributed by atoms with van der Waals surface area (Å²) in [5.74, 6) is -2.76. The molecule has 1 aliphatic rings. The molecule has 1 unspecified atom stereocenters. The summed E-state index contributed by atoms with van der Waals surface area (Å²) in [6, 6.07) is 18.5. The number of imide groups is 1. The number of hydrogen-bond donors (Lipinski definition) is 1. The lowest BCUT2D eigenvalue weighted by atomic mass is 10.1. The number of rotatable bonds is 7. The quantitative estimate of drug-likeness (QED) is 0.321. The second-order valence-electron chi connectivity index (χ2n) is 8.13. The summed E-state index contributed by atoms with van der Waals surface area (Å²) in [7, 11) is 0. The first-order valence-electron chi connectivity index (χ1n) is 10.9. The Morgan fingerprint density at radius 3 is 2.20 bits per heavy atom. The molecule has 0 fully saturated rings. The highest BCUT2D eigenvalue weighted by Crippen LogP contribution is 2.26. The molecule has 35 heavy (non-hydrogen) atoms. The second-order valence-corrected chi connectivity index (χ2v) is 8.13. The van der Waals surface area contributed by atoms with E-state index >= 15 is 0 Å². The van der Waals surface area contributed by atoms with Crippen LogP contribution in [0.1, 0.15) is 53.9 Å². The Hall–Kier alpha value is -4.59. The molecule has 0 aliphatic carbocycles. The summed E-state index contributed by atoms with van der Waals surface area (Å²) >= 11 is 0. The SMILES string of the molecule is Cc1ccc2c(c1)C(=O)N(C(C)C(=O)OCC(=O)c1ccc(NC(=O)c3ccccc3)cc1)C2=O. The largest absolute Gasteiger partial charge is 0.456 e. The van der Waals surface area contributed by atoms with E-state index in [0.717, 1.165) is 10.5 Å². The van der Waals surface area contributed by atoms with E-state index in [1.54, 1.807) is 61.5 Å². The zero-order chi connectivity index (χ0) is 25.1. The van der Waals surface area contributed by atoms with E-state index in [1.165, 1.54) is 19.1 Å². The fraction of sp³-hybridized carbons (Fsp3) is 0.148. The predicted molar refractivity (Wildman–Crippen MR) is 127 cm³/mol. The van der Waals surface area contributed by atoms with Gasteiger partial charge in [0.15, 0.2) is 12.4 Å². The van der Waals surface area contributed by atoms with E-state index in [-0.39, 0.29) is 22.6 Å². The highest BCUT2D eigenvalue weighted by molar-refractivity contribution is 6.22. The summed E-state index contributed by atoms with van der Waals surface area (Å²) in [6.07, 6.45) is 0. The van der Waals surface area contributed by atoms with E-state index in [0.29, 0.717) is 11.3 Å². The smallest absolute Gasteiger partial charge is 0.329 e. The Morgan fingerprint density at radius 2 is 1.51 bits per heavy atom. The monoisotopic (exact) mass is 470 g/mol. The minimum atomic E-state index is -1.19. The van der Waals surface area contributed by atoms with Crippen LogP contribution in [0.15, 0.2) is 72.8 Å². The predicted octanol–water partition coefficient (Wildman–Crippen LogP) is 3.66. The van der Waals surface area contributed by atoms with Gasteiger partial charge >= 0.3 is 5.97 Å². The van der Waals surface area contributed by atoms with Gasteiger partial charge in [-0.05, 0) is 62.4 Å². The van der Waals surface area contributed by atoms with Gasteiger partial charge in [0.2, 0.25) is 0 Å². The van der Waals surface area contributed by atoms with Gasteiger partial charge < -0.3 is 10.1 Å². The van der Waals surface area contributed by atoms with Gasteiger partial charge in [-0.15, -0.1) is 0 Å². The van der Waals surface area contributed by atoms with Gasteiger partial charge in [-0.25, -0.2) is 4.79 Å². The molecule has 0 aromatic heterocycles. The number of hydrogen-bond acceptors (Lipinski definition) is 6. The standard InChI is InChI=1S/C27H22N2O6/c1-16-8-13-21-22(14-16)26(33)29(25(21)32)17(2)27(34)35-15-23(30)18-9-11-20(12-10-18)28-24(31)19-6-4-3-5-7-19/h3-14,17H,15H2,1-2H3,(H,28,31). The van der Waals surface area contributed by atoms with Crippen LogP contribution in [0.3, 0.4) is 0 Å². The molecular weight excluding hydrogens is 448 g/mol. The number of carbonyl (C=O) groups is 5. The van der Waals surface area contributed by atoms with Crippen LogP contribution in [0.25, 0.3) is 0 Å². The molecule has 3 aromatic carbocycles. The molecule has 0 saturated carbocycles. The summed E-state index contributed by atoms with van der Waals surface area (Å²) in [6.45, 7) is 2.63. The third kappa shape index (κ3) is 4.86. The number of fused-ring (bicyclic) bond motifs is 1. The molecule has 1 heterocycles. The number of Topliss-reactive ketones (excluding diaryl/α,β-unsaturated/α-hetero) is 1. The highest BCUT2D eigenvalue weighted by Gasteiger charge is 2.41. The van der Waals surface area contributed by atoms with Crippen molar-refractivity contribution in [3.05, 3.63) is 101 Å². The van der Waals surface area contributed by atoms with Crippen LogP contribution in [0.2, 0.25) is 0 Å². The van der Waals surface area contributed by atoms with Crippen molar-refractivity contribution in [2.75, 3.05) is 11.9 Å². The first-order valence-corrected chi connectivity index (χ1v) is 10.9. The lowest BCUT2D eigenvalue weighted by Gasteiger charge is -2.20. The number of carbonyl (C=O) groups excluding carboxylic acids is 5. The van der Waals surface area contributed by atoms with Crippen LogP contribution in [0.5, 0.6) is 0 Å². The van der Waals surface area contributed by atoms with Crippen molar-refractivity contribution in [2.24, 2.45) is 0 Å². The fourth-order valence-corrected chi connectivity index (χ4v) is 3.70. The number of nitrogens with zero attached hydrogens (tertiary/aromatic N) is 1. The number of amides is 3. The molecule has 4 rings (SSSR count). The van der Waals surface area contributed by atoms with Gasteiger partial charge in [-0.2, -0.15) is 0 Å². The van der Waals surface area contributed by atoms with Crippen molar-refractivity contribution in [3.63, 3.8) is 0 Å². The average Bonchev–Trinajstić information content (AvgIpc) is 3.11. The van der Waals surface area contributed by atoms with Gasteiger partial charge in [0, 0.05) is 16.8 Å². The van der Waals surface area contributed by atoms with E-state index in [2.05, 4.69) is 5.32 Å². The molecule has 1 atom stereocenters. The molecule has 3 amide bonds. The van der Waals surface area contributed by atoms with Crippen LogP contribution in [0.4, 0.5) is 5.69 Å². The zero-order valence-corrected chi connectivity index (χ0v) is 19.1. The van der Waals surface area contributed by atoms with Crippen molar-refractivity contribution in [1.29, 1.82) is 0 Å². The van der Waals surface area contributed by atoms with Crippen LogP contribution < -0.4 is 5.32 Å². The number of benzene rings is 3. The van der Waals surface area contributed by atoms with Gasteiger partial charge in [0.05, 0.1) is 11.1 Å². The Balaban J connectivity index is 1.33. The van der Waals surface area contributed by atoms with Gasteiger partial charge in [0.25, 0.3) is 17.7 Å². The average molecular weight is 470 g/mol. The Bertz CT molecular complexity index is 1330. The third-order valence-corrected chi connectivity index (χ3v) is 5.65. The number of nitrogens with one attached hydrogen (secondary N) is 1. The Labute approximate surface area is 201 Å². The lowest BCUT2D eigenvalue weighted by molar-refractivity contribution is -0.146. The summed E-state index contributed by atoms with van der Waals surface area (Å²) < 4.78 is 5.10. The van der Waals surface area contributed by atoms with Gasteiger partial charge in [0.1, 0.15) is 6.04 Å². The number of aryl methyl sites for hydroxylation is 1. The van der Waals surface area contributed by atoms with E-state index in [9.17, 15) is 24.0 Å². The van der Waals surface area contributed by atoms with Crippen LogP contribution >= 0.6 is 0 Å². The van der Waals surface area contributed by atoms with Gasteiger partial charge in [-0.3, -0.25) is 24.1 Å². The number of ether oxygens (including phenoxy) is 1. The number of ketones is 1. The molecule has 3 aromatic rings. The fourth-order valence-electron chi connectivity index (χ4n) is 3.70. The first kappa shape index (κ1) is 23.6. The molecule has 1 N–H and O–H groups in total. The lowest BCUT2D eigenvalue weighted by Crippen LogP contribution is -2.44. The first-order chi connectivity index (χ1) is 16.8. The maximum atomic E-state index is 12.7. The summed E-state index contributed by atoms with van der Waals surface area (Å²) in [4.78, 5) is 63.4. The minimum Gasteiger partial charge on any atom is -0.456 e. The molecule has 0 radical (unpaired) electrons. The number of anilines is 1. The van der Waals surface area contributed by atoms with E-state index < -0.39 is 36.2 Å². The second kappa shape index (κ2) is 9.72. The van der Waals surface area contributed by atoms with Crippen molar-refractivity contribution < 1.29 is 28.7 Å². The zero-order valence-electron chi connectivity index (χ0n) is 19.1. The normalized spacial score (nSPS) is 13.3. The van der Waals surface area contributed by atoms with E-state index in [1.807, 2.05) is 6.07 Å². The highest BCUT2D eigenvalue weighted by atomic mass is 16.5. The van der Waals surface area contributed by atoms with Crippen molar-refractivity contribution in [1.82, 2.24) is 4.90 Å². The molecule has 8 heteroatoms. The maximum Gasteiger partial charge on any atom is 0.329 e. The molecule has 0 spiro atoms. The molecule has 176 valence electrons.